The van der Waals surface area contributed by atoms with Gasteiger partial charge in [0, 0.05) is 7.05 Å². The van der Waals surface area contributed by atoms with Crippen LogP contribution in [0, 0.1) is 10.6 Å². The summed E-state index contributed by atoms with van der Waals surface area (Å²) >= 11 is 1.84. The van der Waals surface area contributed by atoms with Crippen LogP contribution < -0.4 is 5.14 Å². The SMILES string of the molecule is Cc1c(S(N)(=O)=O)c(I)nn1C. The van der Waals surface area contributed by atoms with Gasteiger partial charge in [-0.05, 0) is 29.5 Å². The molecule has 0 aliphatic carbocycles. The number of sulfonamides is 1. The van der Waals surface area contributed by atoms with E-state index in [0.717, 1.165) is 0 Å². The number of primary sulfonamides is 1. The first-order valence-corrected chi connectivity index (χ1v) is 5.68. The van der Waals surface area contributed by atoms with E-state index in [1.807, 2.05) is 22.6 Å². The lowest BCUT2D eigenvalue weighted by Gasteiger charge is -1.96. The number of aryl methyl sites for hydroxylation is 1. The maximum absolute atomic E-state index is 11.0. The van der Waals surface area contributed by atoms with E-state index in [0.29, 0.717) is 9.39 Å². The standard InChI is InChI=1S/C5H8IN3O2S/c1-3-4(12(7,10)11)5(6)8-9(3)2/h1-2H3,(H2,7,10,11). The van der Waals surface area contributed by atoms with E-state index in [-0.39, 0.29) is 4.90 Å². The van der Waals surface area contributed by atoms with Gasteiger partial charge in [-0.1, -0.05) is 0 Å². The number of nitrogens with zero attached hydrogens (tertiary/aromatic N) is 2. The molecule has 0 aliphatic rings. The zero-order valence-corrected chi connectivity index (χ0v) is 9.55. The third-order valence-electron chi connectivity index (χ3n) is 1.52. The molecule has 68 valence electrons. The highest BCUT2D eigenvalue weighted by atomic mass is 127. The van der Waals surface area contributed by atoms with E-state index in [9.17, 15) is 8.42 Å². The number of hydrogen-bond donors (Lipinski definition) is 1. The first kappa shape index (κ1) is 9.93. The van der Waals surface area contributed by atoms with Gasteiger partial charge >= 0.3 is 0 Å². The van der Waals surface area contributed by atoms with Gasteiger partial charge in [0.1, 0.15) is 8.60 Å². The Morgan fingerprint density at radius 1 is 1.58 bits per heavy atom. The summed E-state index contributed by atoms with van der Waals surface area (Å²) in [6.07, 6.45) is 0. The average molecular weight is 301 g/mol. The van der Waals surface area contributed by atoms with Crippen LogP contribution in [0.25, 0.3) is 0 Å². The third kappa shape index (κ3) is 1.62. The first-order chi connectivity index (χ1) is 5.34. The fraction of sp³-hybridized carbons (Fsp3) is 0.400. The molecule has 1 rings (SSSR count). The summed E-state index contributed by atoms with van der Waals surface area (Å²) in [5.41, 5.74) is 0.557. The van der Waals surface area contributed by atoms with E-state index in [1.165, 1.54) is 4.68 Å². The van der Waals surface area contributed by atoms with Crippen LogP contribution in [0.5, 0.6) is 0 Å². The second-order valence-electron chi connectivity index (χ2n) is 2.37. The topological polar surface area (TPSA) is 78.0 Å². The number of hydrogen-bond acceptors (Lipinski definition) is 3. The second kappa shape index (κ2) is 2.96. The zero-order chi connectivity index (χ0) is 9.52. The molecular weight excluding hydrogens is 293 g/mol. The lowest BCUT2D eigenvalue weighted by Crippen LogP contribution is -2.14. The molecule has 0 saturated carbocycles. The molecule has 1 aromatic rings. The van der Waals surface area contributed by atoms with Gasteiger partial charge in [-0.2, -0.15) is 5.10 Å². The van der Waals surface area contributed by atoms with E-state index >= 15 is 0 Å². The Balaban J connectivity index is 3.54. The van der Waals surface area contributed by atoms with Crippen molar-refractivity contribution in [2.24, 2.45) is 12.2 Å². The highest BCUT2D eigenvalue weighted by Crippen LogP contribution is 2.18. The number of nitrogens with two attached hydrogens (primary N) is 1. The van der Waals surface area contributed by atoms with E-state index in [4.69, 9.17) is 5.14 Å². The highest BCUT2D eigenvalue weighted by Gasteiger charge is 2.20. The number of aromatic nitrogens is 2. The summed E-state index contributed by atoms with van der Waals surface area (Å²) in [5.74, 6) is 0. The van der Waals surface area contributed by atoms with Crippen molar-refractivity contribution >= 4 is 32.6 Å². The Hall–Kier alpha value is -0.150. The molecule has 12 heavy (non-hydrogen) atoms. The fourth-order valence-corrected chi connectivity index (χ4v) is 3.33. The Morgan fingerprint density at radius 2 is 2.08 bits per heavy atom. The highest BCUT2D eigenvalue weighted by molar-refractivity contribution is 14.1. The van der Waals surface area contributed by atoms with Crippen molar-refractivity contribution in [3.05, 3.63) is 9.39 Å². The van der Waals surface area contributed by atoms with Gasteiger partial charge in [0.2, 0.25) is 10.0 Å². The molecular formula is C5H8IN3O2S. The van der Waals surface area contributed by atoms with Crippen molar-refractivity contribution in [3.8, 4) is 0 Å². The molecule has 0 radical (unpaired) electrons. The van der Waals surface area contributed by atoms with Crippen LogP contribution >= 0.6 is 22.6 Å². The second-order valence-corrected chi connectivity index (χ2v) is 4.89. The molecule has 0 atom stereocenters. The van der Waals surface area contributed by atoms with Gasteiger partial charge in [0.15, 0.2) is 0 Å². The molecule has 0 fully saturated rings. The molecule has 0 saturated heterocycles. The van der Waals surface area contributed by atoms with Crippen LogP contribution in [0.2, 0.25) is 0 Å². The van der Waals surface area contributed by atoms with Crippen molar-refractivity contribution in [2.75, 3.05) is 0 Å². The van der Waals surface area contributed by atoms with Crippen molar-refractivity contribution < 1.29 is 8.42 Å². The zero-order valence-electron chi connectivity index (χ0n) is 6.57. The molecule has 2 N–H and O–H groups in total. The Morgan fingerprint density at radius 3 is 2.25 bits per heavy atom. The summed E-state index contributed by atoms with van der Waals surface area (Å²) < 4.78 is 23.9. The summed E-state index contributed by atoms with van der Waals surface area (Å²) in [5, 5.41) is 8.91. The maximum Gasteiger partial charge on any atom is 0.242 e. The quantitative estimate of drug-likeness (QED) is 0.741. The molecule has 0 spiro atoms. The Kier molecular flexibility index (Phi) is 2.45. The lowest BCUT2D eigenvalue weighted by molar-refractivity contribution is 0.596. The largest absolute Gasteiger partial charge is 0.270 e. The van der Waals surface area contributed by atoms with Crippen molar-refractivity contribution in [3.63, 3.8) is 0 Å². The van der Waals surface area contributed by atoms with Crippen LogP contribution in [-0.4, -0.2) is 18.2 Å². The molecule has 0 bridgehead atoms. The van der Waals surface area contributed by atoms with Gasteiger partial charge < -0.3 is 0 Å². The third-order valence-corrected chi connectivity index (χ3v) is 3.70. The summed E-state index contributed by atoms with van der Waals surface area (Å²) in [7, 11) is -1.96. The van der Waals surface area contributed by atoms with Gasteiger partial charge in [-0.25, -0.2) is 13.6 Å². The molecule has 0 aromatic carbocycles. The fourth-order valence-electron chi connectivity index (χ4n) is 0.872. The van der Waals surface area contributed by atoms with E-state index < -0.39 is 10.0 Å². The first-order valence-electron chi connectivity index (χ1n) is 3.06. The molecule has 1 heterocycles. The minimum Gasteiger partial charge on any atom is -0.270 e. The summed E-state index contributed by atoms with van der Waals surface area (Å²) in [6.45, 7) is 1.66. The van der Waals surface area contributed by atoms with Crippen LogP contribution in [0.1, 0.15) is 5.69 Å². The molecule has 0 unspecified atom stereocenters. The summed E-state index contributed by atoms with van der Waals surface area (Å²) in [6, 6.07) is 0. The Bertz CT molecular complexity index is 409. The minimum absolute atomic E-state index is 0.116. The van der Waals surface area contributed by atoms with E-state index in [1.54, 1.807) is 14.0 Å². The molecule has 5 nitrogen and oxygen atoms in total. The summed E-state index contributed by atoms with van der Waals surface area (Å²) in [4.78, 5) is 0.116. The molecule has 7 heteroatoms. The molecule has 1 aromatic heterocycles. The van der Waals surface area contributed by atoms with Gasteiger partial charge in [0.05, 0.1) is 5.69 Å². The van der Waals surface area contributed by atoms with Crippen LogP contribution in [0.15, 0.2) is 4.90 Å². The Labute approximate surface area is 84.1 Å². The predicted molar refractivity (Wildman–Crippen MR) is 52.0 cm³/mol. The van der Waals surface area contributed by atoms with Crippen LogP contribution in [0.3, 0.4) is 0 Å². The van der Waals surface area contributed by atoms with Gasteiger partial charge in [-0.3, -0.25) is 4.68 Å². The van der Waals surface area contributed by atoms with Crippen LogP contribution in [0.4, 0.5) is 0 Å². The molecule has 0 amide bonds. The number of halogens is 1. The normalized spacial score (nSPS) is 12.0. The maximum atomic E-state index is 11.0. The van der Waals surface area contributed by atoms with Crippen LogP contribution in [-0.2, 0) is 17.1 Å². The van der Waals surface area contributed by atoms with Crippen molar-refractivity contribution in [2.45, 2.75) is 11.8 Å². The van der Waals surface area contributed by atoms with Gasteiger partial charge in [0.25, 0.3) is 0 Å². The minimum atomic E-state index is -3.63. The lowest BCUT2D eigenvalue weighted by atomic mass is 10.5. The smallest absolute Gasteiger partial charge is 0.242 e. The van der Waals surface area contributed by atoms with E-state index in [2.05, 4.69) is 5.10 Å². The average Bonchev–Trinajstić information content (AvgIpc) is 2.05. The number of rotatable bonds is 1. The predicted octanol–water partition coefficient (Wildman–Crippen LogP) is -0.0195. The van der Waals surface area contributed by atoms with Crippen molar-refractivity contribution in [1.82, 2.24) is 9.78 Å². The molecule has 0 aliphatic heterocycles. The monoisotopic (exact) mass is 301 g/mol. The van der Waals surface area contributed by atoms with Gasteiger partial charge in [-0.15, -0.1) is 0 Å². The van der Waals surface area contributed by atoms with Crippen molar-refractivity contribution in [1.29, 1.82) is 0 Å².